The minimum Gasteiger partial charge on any atom is -0.0622 e. The van der Waals surface area contributed by atoms with Gasteiger partial charge >= 0.3 is 0 Å². The highest BCUT2D eigenvalue weighted by Gasteiger charge is 2.11. The Morgan fingerprint density at radius 2 is 0.609 bits per heavy atom. The molecule has 64 heavy (non-hydrogen) atoms. The average Bonchev–Trinajstić information content (AvgIpc) is 3.36. The van der Waals surface area contributed by atoms with Crippen LogP contribution >= 0.6 is 0 Å². The van der Waals surface area contributed by atoms with Crippen molar-refractivity contribution < 1.29 is 0 Å². The van der Waals surface area contributed by atoms with Crippen LogP contribution in [0.25, 0.3) is 79.2 Å². The Labute approximate surface area is 377 Å². The topological polar surface area (TPSA) is 0 Å². The molecule has 0 aliphatic heterocycles. The molecular formula is C64H48. The van der Waals surface area contributed by atoms with Crippen molar-refractivity contribution in [1.29, 1.82) is 0 Å². The lowest BCUT2D eigenvalue weighted by Crippen LogP contribution is -1.89. The van der Waals surface area contributed by atoms with Crippen molar-refractivity contribution in [2.45, 2.75) is 13.8 Å². The van der Waals surface area contributed by atoms with E-state index in [9.17, 15) is 0 Å². The fourth-order valence-corrected chi connectivity index (χ4v) is 9.02. The van der Waals surface area contributed by atoms with Gasteiger partial charge in [-0.25, -0.2) is 0 Å². The van der Waals surface area contributed by atoms with Crippen LogP contribution < -0.4 is 0 Å². The summed E-state index contributed by atoms with van der Waals surface area (Å²) < 4.78 is 0. The molecule has 0 atom stereocenters. The second-order valence-electron chi connectivity index (χ2n) is 16.6. The molecule has 0 radical (unpaired) electrons. The summed E-state index contributed by atoms with van der Waals surface area (Å²) in [5.74, 6) is 0. The predicted molar refractivity (Wildman–Crippen MR) is 277 cm³/mol. The van der Waals surface area contributed by atoms with Gasteiger partial charge in [0.2, 0.25) is 0 Å². The molecule has 0 fully saturated rings. The first-order chi connectivity index (χ1) is 31.5. The van der Waals surface area contributed by atoms with E-state index in [1.807, 2.05) is 0 Å². The van der Waals surface area contributed by atoms with Gasteiger partial charge in [-0.15, -0.1) is 0 Å². The molecule has 304 valence electrons. The SMILES string of the molecule is Cc1c(-c2ccc(C=C(c3ccccc3)c3ccccc3)cc2)ccc2cc(C=Cc3ccc4c(C)c(-c5ccc(C=C(c6ccccc6)c6ccccc6)cc5)ccc4c3)ccc12. The van der Waals surface area contributed by atoms with Gasteiger partial charge < -0.3 is 0 Å². The summed E-state index contributed by atoms with van der Waals surface area (Å²) in [5.41, 5.74) is 19.6. The number of aryl methyl sites for hydroxylation is 2. The summed E-state index contributed by atoms with van der Waals surface area (Å²) in [7, 11) is 0. The summed E-state index contributed by atoms with van der Waals surface area (Å²) in [5, 5.41) is 5.05. The first-order valence-electron chi connectivity index (χ1n) is 22.1. The molecule has 0 bridgehead atoms. The van der Waals surface area contributed by atoms with Crippen LogP contribution in [0.15, 0.2) is 231 Å². The van der Waals surface area contributed by atoms with Crippen molar-refractivity contribution in [2.24, 2.45) is 0 Å². The van der Waals surface area contributed by atoms with Gasteiger partial charge in [-0.05, 0) is 149 Å². The van der Waals surface area contributed by atoms with E-state index in [0.717, 1.165) is 0 Å². The maximum absolute atomic E-state index is 2.30. The second kappa shape index (κ2) is 18.1. The standard InChI is InChI=1S/C64H48/c1-45-59(55-31-25-49(26-32-55)43-63(51-15-7-3-8-16-51)52-17-9-4-10-18-52)39-35-57-41-47(29-37-61(45)57)23-24-48-30-38-62-46(2)60(40-36-58(62)42-48)56-33-27-50(28-34-56)44-64(53-19-11-5-12-20-53)54-21-13-6-14-22-54/h3-44H,1-2H3. The van der Waals surface area contributed by atoms with Gasteiger partial charge in [-0.3, -0.25) is 0 Å². The Balaban J connectivity index is 0.853. The van der Waals surface area contributed by atoms with E-state index < -0.39 is 0 Å². The second-order valence-corrected chi connectivity index (χ2v) is 16.6. The van der Waals surface area contributed by atoms with E-state index in [2.05, 4.69) is 269 Å². The molecule has 10 aromatic rings. The largest absolute Gasteiger partial charge is 0.0622 e. The van der Waals surface area contributed by atoms with Crippen LogP contribution in [0.3, 0.4) is 0 Å². The number of hydrogen-bond acceptors (Lipinski definition) is 0. The molecule has 0 heteroatoms. The van der Waals surface area contributed by atoms with Crippen LogP contribution in [0, 0.1) is 13.8 Å². The summed E-state index contributed by atoms with van der Waals surface area (Å²) in [6.45, 7) is 4.49. The van der Waals surface area contributed by atoms with Gasteiger partial charge in [0.15, 0.2) is 0 Å². The van der Waals surface area contributed by atoms with Gasteiger partial charge in [-0.2, -0.15) is 0 Å². The molecule has 0 spiro atoms. The molecule has 0 heterocycles. The van der Waals surface area contributed by atoms with Crippen LogP contribution in [-0.2, 0) is 0 Å². The van der Waals surface area contributed by atoms with Crippen molar-refractivity contribution in [1.82, 2.24) is 0 Å². The lowest BCUT2D eigenvalue weighted by Gasteiger charge is -2.12. The third-order valence-electron chi connectivity index (χ3n) is 12.5. The van der Waals surface area contributed by atoms with Crippen molar-refractivity contribution >= 4 is 57.0 Å². The molecule has 0 aliphatic carbocycles. The molecule has 10 aromatic carbocycles. The minimum atomic E-state index is 1.18. The smallest absolute Gasteiger partial charge is 0.0105 e. The van der Waals surface area contributed by atoms with Gasteiger partial charge in [-0.1, -0.05) is 231 Å². The highest BCUT2D eigenvalue weighted by atomic mass is 14.2. The highest BCUT2D eigenvalue weighted by Crippen LogP contribution is 2.35. The van der Waals surface area contributed by atoms with E-state index >= 15 is 0 Å². The molecular weight excluding hydrogens is 769 g/mol. The van der Waals surface area contributed by atoms with Crippen LogP contribution in [-0.4, -0.2) is 0 Å². The van der Waals surface area contributed by atoms with Crippen molar-refractivity contribution in [2.75, 3.05) is 0 Å². The Morgan fingerprint density at radius 3 is 0.938 bits per heavy atom. The molecule has 0 unspecified atom stereocenters. The van der Waals surface area contributed by atoms with E-state index in [1.54, 1.807) is 0 Å². The number of benzene rings is 10. The van der Waals surface area contributed by atoms with Gasteiger partial charge in [0.1, 0.15) is 0 Å². The summed E-state index contributed by atoms with van der Waals surface area (Å²) in [6.07, 6.45) is 9.04. The summed E-state index contributed by atoms with van der Waals surface area (Å²) in [6, 6.07) is 83.2. The third-order valence-corrected chi connectivity index (χ3v) is 12.5. The lowest BCUT2D eigenvalue weighted by atomic mass is 9.92. The molecule has 0 nitrogen and oxygen atoms in total. The zero-order valence-corrected chi connectivity index (χ0v) is 36.2. The molecule has 0 N–H and O–H groups in total. The van der Waals surface area contributed by atoms with Crippen molar-refractivity contribution in [3.63, 3.8) is 0 Å². The third kappa shape index (κ3) is 8.55. The first kappa shape index (κ1) is 40.0. The molecule has 0 saturated carbocycles. The predicted octanol–water partition coefficient (Wildman–Crippen LogP) is 17.3. The molecule has 0 aromatic heterocycles. The van der Waals surface area contributed by atoms with Crippen molar-refractivity contribution in [3.05, 3.63) is 286 Å². The van der Waals surface area contributed by atoms with E-state index in [4.69, 9.17) is 0 Å². The number of fused-ring (bicyclic) bond motifs is 2. The lowest BCUT2D eigenvalue weighted by molar-refractivity contribution is 1.50. The van der Waals surface area contributed by atoms with Gasteiger partial charge in [0, 0.05) is 0 Å². The zero-order chi connectivity index (χ0) is 43.2. The Hall–Kier alpha value is -8.06. The van der Waals surface area contributed by atoms with E-state index in [0.29, 0.717) is 0 Å². The maximum Gasteiger partial charge on any atom is -0.0105 e. The van der Waals surface area contributed by atoms with Crippen molar-refractivity contribution in [3.8, 4) is 22.3 Å². The number of rotatable bonds is 10. The van der Waals surface area contributed by atoms with Crippen LogP contribution in [0.2, 0.25) is 0 Å². The number of hydrogen-bond donors (Lipinski definition) is 0. The minimum absolute atomic E-state index is 1.18. The monoisotopic (exact) mass is 816 g/mol. The van der Waals surface area contributed by atoms with E-state index in [-0.39, 0.29) is 0 Å². The molecule has 0 aliphatic rings. The molecule has 0 saturated heterocycles. The Morgan fingerprint density at radius 1 is 0.297 bits per heavy atom. The van der Waals surface area contributed by atoms with E-state index in [1.165, 1.54) is 111 Å². The first-order valence-corrected chi connectivity index (χ1v) is 22.1. The fraction of sp³-hybridized carbons (Fsp3) is 0.0312. The quantitative estimate of drug-likeness (QED) is 0.121. The zero-order valence-electron chi connectivity index (χ0n) is 36.2. The maximum atomic E-state index is 2.30. The van der Waals surface area contributed by atoms with Gasteiger partial charge in [0.05, 0.1) is 0 Å². The van der Waals surface area contributed by atoms with Crippen LogP contribution in [0.4, 0.5) is 0 Å². The molecule has 0 amide bonds. The summed E-state index contributed by atoms with van der Waals surface area (Å²) in [4.78, 5) is 0. The summed E-state index contributed by atoms with van der Waals surface area (Å²) >= 11 is 0. The normalized spacial score (nSPS) is 11.2. The Bertz CT molecular complexity index is 3010. The Kier molecular flexibility index (Phi) is 11.3. The molecule has 10 rings (SSSR count). The van der Waals surface area contributed by atoms with Crippen LogP contribution in [0.5, 0.6) is 0 Å². The van der Waals surface area contributed by atoms with Gasteiger partial charge in [0.25, 0.3) is 0 Å². The van der Waals surface area contributed by atoms with Crippen LogP contribution in [0.1, 0.15) is 55.6 Å². The fourth-order valence-electron chi connectivity index (χ4n) is 9.02. The highest BCUT2D eigenvalue weighted by molar-refractivity contribution is 5.97. The average molecular weight is 817 g/mol.